The third kappa shape index (κ3) is 7.00. The van der Waals surface area contributed by atoms with Crippen LogP contribution in [0.2, 0.25) is 0 Å². The van der Waals surface area contributed by atoms with E-state index < -0.39 is 0 Å². The van der Waals surface area contributed by atoms with Crippen molar-refractivity contribution in [2.24, 2.45) is 0 Å². The Labute approximate surface area is 377 Å². The van der Waals surface area contributed by atoms with E-state index in [-0.39, 0.29) is 10.8 Å². The van der Waals surface area contributed by atoms with Crippen LogP contribution in [0.25, 0.3) is 72.0 Å². The predicted molar refractivity (Wildman–Crippen MR) is 272 cm³/mol. The second-order valence-corrected chi connectivity index (χ2v) is 18.8. The van der Waals surface area contributed by atoms with Gasteiger partial charge in [0.05, 0.1) is 16.7 Å². The molecule has 0 bridgehead atoms. The lowest BCUT2D eigenvalue weighted by Crippen LogP contribution is -2.33. The van der Waals surface area contributed by atoms with Gasteiger partial charge in [0, 0.05) is 33.4 Å². The molecule has 0 N–H and O–H groups in total. The molecular formula is C62H52N2. The van der Waals surface area contributed by atoms with E-state index in [4.69, 9.17) is 0 Å². The molecule has 0 atom stereocenters. The summed E-state index contributed by atoms with van der Waals surface area (Å²) in [7, 11) is 0. The summed E-state index contributed by atoms with van der Waals surface area (Å²) >= 11 is 0. The first-order chi connectivity index (χ1) is 31.2. The van der Waals surface area contributed by atoms with Gasteiger partial charge in [0.25, 0.3) is 0 Å². The molecule has 310 valence electrons. The van der Waals surface area contributed by atoms with Crippen LogP contribution >= 0.6 is 0 Å². The largest absolute Gasteiger partial charge is 0.310 e. The number of para-hydroxylation sites is 1. The Bertz CT molecular complexity index is 3300. The van der Waals surface area contributed by atoms with Gasteiger partial charge in [-0.25, -0.2) is 0 Å². The minimum atomic E-state index is 0.157. The third-order valence-corrected chi connectivity index (χ3v) is 13.9. The molecule has 1 aromatic heterocycles. The van der Waals surface area contributed by atoms with Gasteiger partial charge in [0.2, 0.25) is 0 Å². The van der Waals surface area contributed by atoms with Crippen LogP contribution in [0, 0.1) is 0 Å². The Morgan fingerprint density at radius 1 is 0.359 bits per heavy atom. The van der Waals surface area contributed by atoms with E-state index in [0.717, 1.165) is 33.8 Å². The molecule has 64 heavy (non-hydrogen) atoms. The van der Waals surface area contributed by atoms with E-state index in [2.05, 4.69) is 256 Å². The maximum atomic E-state index is 2.47. The van der Waals surface area contributed by atoms with Crippen molar-refractivity contribution in [3.63, 3.8) is 0 Å². The first-order valence-electron chi connectivity index (χ1n) is 22.7. The molecule has 0 radical (unpaired) electrons. The van der Waals surface area contributed by atoms with Gasteiger partial charge in [-0.2, -0.15) is 0 Å². The van der Waals surface area contributed by atoms with Crippen LogP contribution in [0.4, 0.5) is 17.1 Å². The van der Waals surface area contributed by atoms with Crippen LogP contribution in [0.3, 0.4) is 0 Å². The van der Waals surface area contributed by atoms with Gasteiger partial charge < -0.3 is 9.47 Å². The van der Waals surface area contributed by atoms with Crippen molar-refractivity contribution < 1.29 is 0 Å². The van der Waals surface area contributed by atoms with Gasteiger partial charge in [-0.05, 0) is 128 Å². The first kappa shape index (κ1) is 39.4. The van der Waals surface area contributed by atoms with Crippen molar-refractivity contribution >= 4 is 38.9 Å². The van der Waals surface area contributed by atoms with E-state index in [1.165, 1.54) is 79.2 Å². The molecule has 10 aromatic rings. The Balaban J connectivity index is 1.09. The van der Waals surface area contributed by atoms with Crippen molar-refractivity contribution in [2.75, 3.05) is 4.90 Å². The van der Waals surface area contributed by atoms with E-state index in [9.17, 15) is 0 Å². The fourth-order valence-electron chi connectivity index (χ4n) is 10.2. The van der Waals surface area contributed by atoms with Crippen LogP contribution in [-0.4, -0.2) is 4.57 Å². The Morgan fingerprint density at radius 3 is 1.58 bits per heavy atom. The zero-order valence-corrected chi connectivity index (χ0v) is 37.1. The molecule has 0 fully saturated rings. The number of fused-ring (bicyclic) bond motifs is 4. The lowest BCUT2D eigenvalue weighted by atomic mass is 9.63. The average Bonchev–Trinajstić information content (AvgIpc) is 3.68. The molecule has 0 unspecified atom stereocenters. The summed E-state index contributed by atoms with van der Waals surface area (Å²) in [5.41, 5.74) is 19.7. The van der Waals surface area contributed by atoms with Crippen LogP contribution < -0.4 is 4.90 Å². The van der Waals surface area contributed by atoms with Gasteiger partial charge >= 0.3 is 0 Å². The molecule has 1 aliphatic rings. The highest BCUT2D eigenvalue weighted by molar-refractivity contribution is 6.10. The predicted octanol–water partition coefficient (Wildman–Crippen LogP) is 17.3. The maximum Gasteiger partial charge on any atom is 0.0561 e. The Kier molecular flexibility index (Phi) is 9.69. The molecule has 0 spiro atoms. The molecule has 1 aliphatic carbocycles. The SMILES string of the molecule is CC1(C)CCC(C)(C)c2cc(-c3ccc(-n4c5ccccc5c5ccc(N(c6cccc(-c7ccccc7)c6)c6ccc(-c7ccccc7)cc6-c6ccccc6)cc54)cc3)ccc21. The average molecular weight is 825 g/mol. The summed E-state index contributed by atoms with van der Waals surface area (Å²) < 4.78 is 2.45. The lowest BCUT2D eigenvalue weighted by Gasteiger charge is -2.42. The van der Waals surface area contributed by atoms with Gasteiger partial charge in [-0.3, -0.25) is 0 Å². The minimum absolute atomic E-state index is 0.157. The number of aromatic nitrogens is 1. The fraction of sp³-hybridized carbons (Fsp3) is 0.129. The molecule has 11 rings (SSSR count). The smallest absolute Gasteiger partial charge is 0.0561 e. The molecule has 0 saturated carbocycles. The molecule has 0 amide bonds. The monoisotopic (exact) mass is 824 g/mol. The first-order valence-corrected chi connectivity index (χ1v) is 22.7. The van der Waals surface area contributed by atoms with Crippen LogP contribution in [-0.2, 0) is 10.8 Å². The molecule has 2 heteroatoms. The van der Waals surface area contributed by atoms with Crippen LogP contribution in [0.5, 0.6) is 0 Å². The van der Waals surface area contributed by atoms with Gasteiger partial charge in [0.15, 0.2) is 0 Å². The highest BCUT2D eigenvalue weighted by Crippen LogP contribution is 2.48. The Hall–Kier alpha value is -7.42. The molecule has 0 saturated heterocycles. The minimum Gasteiger partial charge on any atom is -0.310 e. The van der Waals surface area contributed by atoms with Crippen molar-refractivity contribution in [3.05, 3.63) is 230 Å². The number of hydrogen-bond acceptors (Lipinski definition) is 1. The van der Waals surface area contributed by atoms with E-state index in [0.29, 0.717) is 0 Å². The third-order valence-electron chi connectivity index (χ3n) is 13.9. The molecule has 9 aromatic carbocycles. The van der Waals surface area contributed by atoms with Crippen molar-refractivity contribution in [2.45, 2.75) is 51.4 Å². The number of hydrogen-bond donors (Lipinski definition) is 0. The zero-order valence-electron chi connectivity index (χ0n) is 37.1. The van der Waals surface area contributed by atoms with Gasteiger partial charge in [0.1, 0.15) is 0 Å². The number of benzene rings is 9. The topological polar surface area (TPSA) is 8.17 Å². The van der Waals surface area contributed by atoms with Crippen LogP contribution in [0.1, 0.15) is 51.7 Å². The zero-order chi connectivity index (χ0) is 43.4. The summed E-state index contributed by atoms with van der Waals surface area (Å²) in [6.45, 7) is 9.62. The maximum absolute atomic E-state index is 2.47. The van der Waals surface area contributed by atoms with Crippen molar-refractivity contribution in [3.8, 4) is 50.2 Å². The molecular weight excluding hydrogens is 773 g/mol. The summed E-state index contributed by atoms with van der Waals surface area (Å²) in [6.07, 6.45) is 2.42. The molecule has 1 heterocycles. The molecule has 0 aliphatic heterocycles. The standard InChI is InChI=1S/C62H52N2/c1-61(2)37-38-62(3,4)57-41-49(29-35-56(57)61)45-27-31-50(32-28-45)64-58-26-15-14-25-53(58)54-34-33-52(42-60(54)64)63(51-24-16-23-47(39-51)43-17-8-5-9-18-43)59-36-30-48(44-19-10-6-11-20-44)40-55(59)46-21-12-7-13-22-46/h5-36,39-42H,37-38H2,1-4H3. The summed E-state index contributed by atoms with van der Waals surface area (Å²) in [4.78, 5) is 2.45. The molecule has 2 nitrogen and oxygen atoms in total. The highest BCUT2D eigenvalue weighted by atomic mass is 15.1. The van der Waals surface area contributed by atoms with Crippen molar-refractivity contribution in [1.82, 2.24) is 4.57 Å². The van der Waals surface area contributed by atoms with Crippen molar-refractivity contribution in [1.29, 1.82) is 0 Å². The highest BCUT2D eigenvalue weighted by Gasteiger charge is 2.37. The second-order valence-electron chi connectivity index (χ2n) is 18.8. The van der Waals surface area contributed by atoms with Gasteiger partial charge in [-0.15, -0.1) is 0 Å². The van der Waals surface area contributed by atoms with E-state index in [1.54, 1.807) is 0 Å². The Morgan fingerprint density at radius 2 is 0.875 bits per heavy atom. The van der Waals surface area contributed by atoms with E-state index >= 15 is 0 Å². The number of rotatable bonds is 8. The lowest BCUT2D eigenvalue weighted by molar-refractivity contribution is 0.332. The fourth-order valence-corrected chi connectivity index (χ4v) is 10.2. The van der Waals surface area contributed by atoms with Gasteiger partial charge in [-0.1, -0.05) is 191 Å². The summed E-state index contributed by atoms with van der Waals surface area (Å²) in [5, 5.41) is 2.46. The van der Waals surface area contributed by atoms with Crippen LogP contribution in [0.15, 0.2) is 218 Å². The quantitative estimate of drug-likeness (QED) is 0.148. The number of nitrogens with zero attached hydrogens (tertiary/aromatic N) is 2. The normalized spacial score (nSPS) is 14.1. The second kappa shape index (κ2) is 15.7. The number of anilines is 3. The summed E-state index contributed by atoms with van der Waals surface area (Å²) in [5.74, 6) is 0. The van der Waals surface area contributed by atoms with E-state index in [1.807, 2.05) is 0 Å². The summed E-state index contributed by atoms with van der Waals surface area (Å²) in [6, 6.07) is 80.4.